The summed E-state index contributed by atoms with van der Waals surface area (Å²) in [4.78, 5) is 20.4. The fourth-order valence-electron chi connectivity index (χ4n) is 3.56. The van der Waals surface area contributed by atoms with Crippen LogP contribution in [0.25, 0.3) is 16.2 Å². The summed E-state index contributed by atoms with van der Waals surface area (Å²) < 4.78 is 6.30. The lowest BCUT2D eigenvalue weighted by molar-refractivity contribution is -0.113. The monoisotopic (exact) mass is 460 g/mol. The van der Waals surface area contributed by atoms with Crippen molar-refractivity contribution < 1.29 is 14.6 Å². The number of amides is 1. The number of methoxy groups -OCH3 is 1. The van der Waals surface area contributed by atoms with Crippen molar-refractivity contribution in [3.8, 4) is 11.5 Å². The highest BCUT2D eigenvalue weighted by molar-refractivity contribution is 7.21. The fourth-order valence-corrected chi connectivity index (χ4v) is 5.05. The maximum atomic E-state index is 13.5. The van der Waals surface area contributed by atoms with Gasteiger partial charge in [-0.1, -0.05) is 41.9 Å². The van der Waals surface area contributed by atoms with Crippen molar-refractivity contribution in [2.75, 3.05) is 12.0 Å². The van der Waals surface area contributed by atoms with E-state index in [4.69, 9.17) is 21.3 Å². The van der Waals surface area contributed by atoms with Crippen LogP contribution in [0.15, 0.2) is 83.5 Å². The molecule has 32 heavy (non-hydrogen) atoms. The number of aliphatic imine (C=N–C) groups is 1. The van der Waals surface area contributed by atoms with Gasteiger partial charge < -0.3 is 9.84 Å². The predicted octanol–water partition coefficient (Wildman–Crippen LogP) is 6.10. The van der Waals surface area contributed by atoms with Gasteiger partial charge >= 0.3 is 0 Å². The molecule has 7 heteroatoms. The molecule has 158 valence electrons. The Balaban J connectivity index is 1.67. The predicted molar refractivity (Wildman–Crippen MR) is 130 cm³/mol. The van der Waals surface area contributed by atoms with Gasteiger partial charge in [-0.15, -0.1) is 11.3 Å². The van der Waals surface area contributed by atoms with E-state index in [0.29, 0.717) is 27.2 Å². The minimum Gasteiger partial charge on any atom is -0.508 e. The molecule has 0 spiro atoms. The minimum absolute atomic E-state index is 0.117. The Morgan fingerprint density at radius 2 is 1.84 bits per heavy atom. The number of aromatic hydroxyl groups is 1. The first kappa shape index (κ1) is 20.3. The summed E-state index contributed by atoms with van der Waals surface area (Å²) in [7, 11) is 1.60. The zero-order chi connectivity index (χ0) is 22.2. The number of rotatable bonds is 4. The van der Waals surface area contributed by atoms with Crippen LogP contribution in [-0.4, -0.2) is 24.0 Å². The molecular formula is C25H17ClN2O3S. The number of nitrogens with zero attached hydrogens (tertiary/aromatic N) is 2. The molecule has 0 aliphatic carbocycles. The summed E-state index contributed by atoms with van der Waals surface area (Å²) in [6.45, 7) is 0. The highest BCUT2D eigenvalue weighted by atomic mass is 35.5. The topological polar surface area (TPSA) is 62.1 Å². The second-order valence-corrected chi connectivity index (χ2v) is 8.57. The summed E-state index contributed by atoms with van der Waals surface area (Å²) >= 11 is 8.21. The van der Waals surface area contributed by atoms with Gasteiger partial charge in [0, 0.05) is 10.1 Å². The highest BCUT2D eigenvalue weighted by Crippen LogP contribution is 2.39. The lowest BCUT2D eigenvalue weighted by Gasteiger charge is -2.18. The number of ether oxygens (including phenoxy) is 1. The zero-order valence-corrected chi connectivity index (χ0v) is 18.5. The summed E-state index contributed by atoms with van der Waals surface area (Å²) in [6.07, 6.45) is 1.73. The molecule has 5 rings (SSSR count). The number of anilines is 1. The Hall–Kier alpha value is -3.61. The number of carbonyl (C=O) groups excluding carboxylic acids is 1. The Morgan fingerprint density at radius 3 is 2.59 bits per heavy atom. The molecular weight excluding hydrogens is 444 g/mol. The number of phenolic OH excluding ortho intramolecular Hbond substituents is 1. The third-order valence-electron chi connectivity index (χ3n) is 5.10. The Labute approximate surface area is 193 Å². The fraction of sp³-hybridized carbons (Fsp3) is 0.0400. The van der Waals surface area contributed by atoms with Crippen molar-refractivity contribution >= 4 is 56.5 Å². The minimum atomic E-state index is -0.276. The maximum absolute atomic E-state index is 13.5. The van der Waals surface area contributed by atoms with Gasteiger partial charge in [0.05, 0.1) is 22.7 Å². The molecule has 1 amide bonds. The van der Waals surface area contributed by atoms with Gasteiger partial charge in [0.1, 0.15) is 17.2 Å². The molecule has 0 saturated carbocycles. The molecule has 0 atom stereocenters. The van der Waals surface area contributed by atoms with E-state index < -0.39 is 0 Å². The number of hydrogen-bond acceptors (Lipinski definition) is 5. The van der Waals surface area contributed by atoms with Crippen molar-refractivity contribution in [1.82, 2.24) is 0 Å². The van der Waals surface area contributed by atoms with Crippen LogP contribution in [0.2, 0.25) is 5.02 Å². The van der Waals surface area contributed by atoms with Gasteiger partial charge in [-0.25, -0.2) is 4.99 Å². The number of benzene rings is 3. The van der Waals surface area contributed by atoms with E-state index in [1.807, 2.05) is 48.5 Å². The number of phenols is 1. The first-order chi connectivity index (χ1) is 15.5. The molecule has 0 fully saturated rings. The first-order valence-electron chi connectivity index (χ1n) is 9.80. The van der Waals surface area contributed by atoms with Crippen LogP contribution in [0.5, 0.6) is 11.5 Å². The molecule has 3 aromatic carbocycles. The summed E-state index contributed by atoms with van der Waals surface area (Å²) in [6, 6.07) is 21.7. The molecule has 0 bridgehead atoms. The number of hydrogen-bond donors (Lipinski definition) is 1. The highest BCUT2D eigenvalue weighted by Gasteiger charge is 2.35. The van der Waals surface area contributed by atoms with Gasteiger partial charge in [0.25, 0.3) is 5.91 Å². The Bertz CT molecular complexity index is 1410. The molecule has 0 saturated heterocycles. The number of halogens is 1. The maximum Gasteiger partial charge on any atom is 0.282 e. The van der Waals surface area contributed by atoms with Crippen LogP contribution in [0.4, 0.5) is 5.69 Å². The van der Waals surface area contributed by atoms with Crippen LogP contribution in [0.3, 0.4) is 0 Å². The molecule has 5 nitrogen and oxygen atoms in total. The molecule has 1 aliphatic rings. The molecule has 2 heterocycles. The molecule has 0 radical (unpaired) electrons. The first-order valence-corrected chi connectivity index (χ1v) is 11.0. The standard InChI is InChI=1S/C25H17ClN2O3S/c1-31-18-6-4-5-15(13-18)14-20-25(30)28(16-9-11-17(29)12-10-16)24(27-20)23-22(26)19-7-2-3-8-21(19)32-23/h2-14,29H,1H3/b20-14+. The van der Waals surface area contributed by atoms with E-state index >= 15 is 0 Å². The molecule has 1 aromatic heterocycles. The van der Waals surface area contributed by atoms with Crippen molar-refractivity contribution in [3.63, 3.8) is 0 Å². The van der Waals surface area contributed by atoms with Gasteiger partial charge in [0.2, 0.25) is 0 Å². The number of thiophene rings is 1. The average molecular weight is 461 g/mol. The van der Waals surface area contributed by atoms with E-state index in [-0.39, 0.29) is 17.4 Å². The third-order valence-corrected chi connectivity index (χ3v) is 6.77. The number of fused-ring (bicyclic) bond motifs is 1. The number of amidine groups is 1. The smallest absolute Gasteiger partial charge is 0.282 e. The van der Waals surface area contributed by atoms with Gasteiger partial charge in [-0.05, 0) is 54.1 Å². The summed E-state index contributed by atoms with van der Waals surface area (Å²) in [5.74, 6) is 0.992. The third kappa shape index (κ3) is 3.53. The van der Waals surface area contributed by atoms with E-state index in [0.717, 1.165) is 15.6 Å². The summed E-state index contributed by atoms with van der Waals surface area (Å²) in [5, 5.41) is 11.2. The van der Waals surface area contributed by atoms with E-state index in [1.165, 1.54) is 28.4 Å². The lowest BCUT2D eigenvalue weighted by atomic mass is 10.1. The van der Waals surface area contributed by atoms with Crippen molar-refractivity contribution in [2.24, 2.45) is 4.99 Å². The summed E-state index contributed by atoms with van der Waals surface area (Å²) in [5.41, 5.74) is 1.68. The Morgan fingerprint density at radius 1 is 1.06 bits per heavy atom. The second kappa shape index (κ2) is 8.15. The average Bonchev–Trinajstić information content (AvgIpc) is 3.31. The molecule has 1 N–H and O–H groups in total. The van der Waals surface area contributed by atoms with Crippen LogP contribution in [0.1, 0.15) is 10.4 Å². The van der Waals surface area contributed by atoms with Crippen molar-refractivity contribution in [1.29, 1.82) is 0 Å². The molecule has 1 aliphatic heterocycles. The largest absolute Gasteiger partial charge is 0.508 e. The zero-order valence-electron chi connectivity index (χ0n) is 16.9. The lowest BCUT2D eigenvalue weighted by Crippen LogP contribution is -2.32. The van der Waals surface area contributed by atoms with Crippen molar-refractivity contribution in [2.45, 2.75) is 0 Å². The van der Waals surface area contributed by atoms with E-state index in [1.54, 1.807) is 25.3 Å². The van der Waals surface area contributed by atoms with Crippen LogP contribution in [0, 0.1) is 0 Å². The Kier molecular flexibility index (Phi) is 5.17. The van der Waals surface area contributed by atoms with Gasteiger partial charge in [-0.2, -0.15) is 0 Å². The SMILES string of the molecule is COc1cccc(/C=C2/N=C(c3sc4ccccc4c3Cl)N(c3ccc(O)cc3)C2=O)c1. The number of carbonyl (C=O) groups is 1. The second-order valence-electron chi connectivity index (χ2n) is 7.14. The quantitative estimate of drug-likeness (QED) is 0.374. The van der Waals surface area contributed by atoms with E-state index in [9.17, 15) is 9.90 Å². The molecule has 4 aromatic rings. The van der Waals surface area contributed by atoms with Gasteiger partial charge in [-0.3, -0.25) is 9.69 Å². The van der Waals surface area contributed by atoms with Crippen LogP contribution >= 0.6 is 22.9 Å². The van der Waals surface area contributed by atoms with Crippen molar-refractivity contribution in [3.05, 3.63) is 94.0 Å². The molecule has 0 unspecified atom stereocenters. The van der Waals surface area contributed by atoms with Crippen LogP contribution < -0.4 is 9.64 Å². The normalized spacial score (nSPS) is 14.9. The van der Waals surface area contributed by atoms with Gasteiger partial charge in [0.15, 0.2) is 5.84 Å². The van der Waals surface area contributed by atoms with Crippen LogP contribution in [-0.2, 0) is 4.79 Å². The van der Waals surface area contributed by atoms with E-state index in [2.05, 4.69) is 0 Å².